The van der Waals surface area contributed by atoms with Gasteiger partial charge < -0.3 is 10.1 Å². The minimum absolute atomic E-state index is 0.634. The van der Waals surface area contributed by atoms with Crippen LogP contribution >= 0.6 is 11.6 Å². The number of halogens is 1. The van der Waals surface area contributed by atoms with Gasteiger partial charge in [-0.2, -0.15) is 0 Å². The third kappa shape index (κ3) is 2.58. The van der Waals surface area contributed by atoms with E-state index in [9.17, 15) is 9.90 Å². The Balaban J connectivity index is 1.74. The Kier molecular flexibility index (Phi) is 3.79. The number of hydrogen-bond donors (Lipinski definition) is 2. The lowest BCUT2D eigenvalue weighted by atomic mass is 9.96. The van der Waals surface area contributed by atoms with E-state index in [-0.39, 0.29) is 0 Å². The predicted molar refractivity (Wildman–Crippen MR) is 94.2 cm³/mol. The molecule has 1 atom stereocenters. The number of aromatic nitrogens is 1. The number of rotatable bonds is 3. The minimum atomic E-state index is -0.828. The number of carboxylic acids is 1. The number of benzene rings is 2. The number of aliphatic carboxylic acids is 1. The van der Waals surface area contributed by atoms with E-state index in [1.54, 1.807) is 12.3 Å². The lowest BCUT2D eigenvalue weighted by Gasteiger charge is -2.33. The highest BCUT2D eigenvalue weighted by Crippen LogP contribution is 2.33. The molecule has 122 valence electrons. The molecule has 3 aromatic rings. The first kappa shape index (κ1) is 15.2. The molecule has 0 amide bonds. The molecule has 0 bridgehead atoms. The molecule has 1 aliphatic heterocycles. The van der Waals surface area contributed by atoms with Crippen molar-refractivity contribution in [2.75, 3.05) is 6.54 Å². The number of nitrogens with zero attached hydrogens (tertiary/aromatic N) is 1. The second-order valence-corrected chi connectivity index (χ2v) is 6.60. The van der Waals surface area contributed by atoms with Gasteiger partial charge in [0.2, 0.25) is 0 Å². The summed E-state index contributed by atoms with van der Waals surface area (Å²) in [6.45, 7) is 1.38. The summed E-state index contributed by atoms with van der Waals surface area (Å²) >= 11 is 6.03. The Morgan fingerprint density at radius 3 is 2.79 bits per heavy atom. The van der Waals surface area contributed by atoms with Gasteiger partial charge in [0, 0.05) is 40.8 Å². The summed E-state index contributed by atoms with van der Waals surface area (Å²) in [5.41, 5.74) is 4.16. The quantitative estimate of drug-likeness (QED) is 0.757. The number of hydrogen-bond acceptors (Lipinski definition) is 2. The van der Waals surface area contributed by atoms with Crippen molar-refractivity contribution >= 4 is 28.5 Å². The molecule has 0 unspecified atom stereocenters. The van der Waals surface area contributed by atoms with Crippen molar-refractivity contribution in [2.24, 2.45) is 0 Å². The standard InChI is InChI=1S/C19H17ClN2O2/c20-14-5-6-15-16(10-21-17(15)9-14)18(19(23)24)22-8-7-12-3-1-2-4-13(12)11-22/h1-6,9-10,18,21H,7-8,11H2,(H,23,24)/t18-/m0/s1. The maximum absolute atomic E-state index is 12.0. The van der Waals surface area contributed by atoms with Crippen molar-refractivity contribution in [1.29, 1.82) is 0 Å². The molecule has 1 aromatic heterocycles. The average molecular weight is 341 g/mol. The molecule has 2 heterocycles. The Morgan fingerprint density at radius 1 is 1.21 bits per heavy atom. The first-order valence-electron chi connectivity index (χ1n) is 7.93. The van der Waals surface area contributed by atoms with Crippen molar-refractivity contribution < 1.29 is 9.90 Å². The molecule has 2 aromatic carbocycles. The van der Waals surface area contributed by atoms with Crippen LogP contribution in [0.3, 0.4) is 0 Å². The smallest absolute Gasteiger partial charge is 0.325 e. The van der Waals surface area contributed by atoms with Gasteiger partial charge in [-0.3, -0.25) is 9.69 Å². The lowest BCUT2D eigenvalue weighted by Crippen LogP contribution is -2.38. The largest absolute Gasteiger partial charge is 0.480 e. The molecule has 0 aliphatic carbocycles. The molecule has 0 fully saturated rings. The SMILES string of the molecule is O=C(O)[C@H](c1c[nH]c2cc(Cl)ccc12)N1CCc2ccccc2C1. The van der Waals surface area contributed by atoms with E-state index in [0.29, 0.717) is 11.6 Å². The van der Waals surface area contributed by atoms with Crippen LogP contribution in [-0.4, -0.2) is 27.5 Å². The molecule has 1 aliphatic rings. The summed E-state index contributed by atoms with van der Waals surface area (Å²) in [6, 6.07) is 13.1. The van der Waals surface area contributed by atoms with Gasteiger partial charge in [-0.25, -0.2) is 0 Å². The second kappa shape index (κ2) is 5.96. The van der Waals surface area contributed by atoms with Crippen LogP contribution in [0.1, 0.15) is 22.7 Å². The number of aromatic amines is 1. The highest BCUT2D eigenvalue weighted by Gasteiger charge is 2.31. The van der Waals surface area contributed by atoms with E-state index in [4.69, 9.17) is 11.6 Å². The first-order valence-corrected chi connectivity index (χ1v) is 8.31. The lowest BCUT2D eigenvalue weighted by molar-refractivity contribution is -0.144. The third-order valence-electron chi connectivity index (χ3n) is 4.73. The van der Waals surface area contributed by atoms with Gasteiger partial charge in [0.25, 0.3) is 0 Å². The monoisotopic (exact) mass is 340 g/mol. The average Bonchev–Trinajstić information content (AvgIpc) is 2.97. The fraction of sp³-hybridized carbons (Fsp3) is 0.211. The van der Waals surface area contributed by atoms with Crippen LogP contribution in [0, 0.1) is 0 Å². The van der Waals surface area contributed by atoms with Gasteiger partial charge in [0.1, 0.15) is 6.04 Å². The molecule has 0 saturated carbocycles. The summed E-state index contributed by atoms with van der Waals surface area (Å²) in [7, 11) is 0. The van der Waals surface area contributed by atoms with E-state index in [0.717, 1.165) is 29.4 Å². The van der Waals surface area contributed by atoms with E-state index < -0.39 is 12.0 Å². The van der Waals surface area contributed by atoms with Gasteiger partial charge in [-0.1, -0.05) is 41.9 Å². The van der Waals surface area contributed by atoms with Crippen LogP contribution in [0.4, 0.5) is 0 Å². The Bertz CT molecular complexity index is 919. The number of carboxylic acid groups (broad SMARTS) is 1. The van der Waals surface area contributed by atoms with Crippen LogP contribution in [0.15, 0.2) is 48.7 Å². The van der Waals surface area contributed by atoms with E-state index >= 15 is 0 Å². The van der Waals surface area contributed by atoms with E-state index in [2.05, 4.69) is 17.1 Å². The highest BCUT2D eigenvalue weighted by atomic mass is 35.5. The predicted octanol–water partition coefficient (Wildman–Crippen LogP) is 4.01. The number of H-pyrrole nitrogens is 1. The Hall–Kier alpha value is -2.30. The maximum Gasteiger partial charge on any atom is 0.325 e. The number of fused-ring (bicyclic) bond motifs is 2. The number of carbonyl (C=O) groups is 1. The topological polar surface area (TPSA) is 56.3 Å². The Labute approximate surface area is 144 Å². The molecule has 4 rings (SSSR count). The van der Waals surface area contributed by atoms with E-state index in [1.807, 2.05) is 29.2 Å². The second-order valence-electron chi connectivity index (χ2n) is 6.16. The molecule has 0 radical (unpaired) electrons. The van der Waals surface area contributed by atoms with Crippen LogP contribution in [0.2, 0.25) is 5.02 Å². The molecule has 24 heavy (non-hydrogen) atoms. The van der Waals surface area contributed by atoms with Crippen molar-refractivity contribution in [3.63, 3.8) is 0 Å². The summed E-state index contributed by atoms with van der Waals surface area (Å²) in [5, 5.41) is 11.4. The fourth-order valence-corrected chi connectivity index (χ4v) is 3.74. The molecule has 2 N–H and O–H groups in total. The van der Waals surface area contributed by atoms with Crippen LogP contribution < -0.4 is 0 Å². The number of nitrogens with one attached hydrogen (secondary N) is 1. The summed E-state index contributed by atoms with van der Waals surface area (Å²) in [6.07, 6.45) is 2.66. The van der Waals surface area contributed by atoms with Crippen molar-refractivity contribution in [2.45, 2.75) is 19.0 Å². The first-order chi connectivity index (χ1) is 11.6. The summed E-state index contributed by atoms with van der Waals surface area (Å²) < 4.78 is 0. The van der Waals surface area contributed by atoms with Gasteiger partial charge >= 0.3 is 5.97 Å². The van der Waals surface area contributed by atoms with Gasteiger partial charge in [0.05, 0.1) is 0 Å². The molecular weight excluding hydrogens is 324 g/mol. The zero-order valence-corrected chi connectivity index (χ0v) is 13.8. The maximum atomic E-state index is 12.0. The highest BCUT2D eigenvalue weighted by molar-refractivity contribution is 6.31. The van der Waals surface area contributed by atoms with Crippen LogP contribution in [0.5, 0.6) is 0 Å². The zero-order valence-electron chi connectivity index (χ0n) is 13.0. The zero-order chi connectivity index (χ0) is 16.7. The van der Waals surface area contributed by atoms with Crippen LogP contribution in [-0.2, 0) is 17.8 Å². The van der Waals surface area contributed by atoms with Crippen molar-refractivity contribution in [3.05, 3.63) is 70.4 Å². The third-order valence-corrected chi connectivity index (χ3v) is 4.96. The van der Waals surface area contributed by atoms with Crippen molar-refractivity contribution in [1.82, 2.24) is 9.88 Å². The van der Waals surface area contributed by atoms with Gasteiger partial charge in [0.15, 0.2) is 0 Å². The van der Waals surface area contributed by atoms with E-state index in [1.165, 1.54) is 11.1 Å². The van der Waals surface area contributed by atoms with Crippen molar-refractivity contribution in [3.8, 4) is 0 Å². The molecule has 0 saturated heterocycles. The molecule has 0 spiro atoms. The van der Waals surface area contributed by atoms with Crippen LogP contribution in [0.25, 0.3) is 10.9 Å². The minimum Gasteiger partial charge on any atom is -0.480 e. The van der Waals surface area contributed by atoms with Gasteiger partial charge in [-0.05, 0) is 29.7 Å². The molecular formula is C19H17ClN2O2. The molecule has 4 nitrogen and oxygen atoms in total. The van der Waals surface area contributed by atoms with Gasteiger partial charge in [-0.15, -0.1) is 0 Å². The summed E-state index contributed by atoms with van der Waals surface area (Å²) in [5.74, 6) is -0.828. The summed E-state index contributed by atoms with van der Waals surface area (Å²) in [4.78, 5) is 17.2. The molecule has 5 heteroatoms. The fourth-order valence-electron chi connectivity index (χ4n) is 3.57. The normalized spacial score (nSPS) is 16.0. The Morgan fingerprint density at radius 2 is 2.00 bits per heavy atom.